The van der Waals surface area contributed by atoms with Gasteiger partial charge < -0.3 is 45.4 Å². The monoisotopic (exact) mass is 951 g/mol. The molecule has 22 nitrogen and oxygen atoms in total. The molecule has 0 spiro atoms. The number of amides is 2. The average molecular weight is 952 g/mol. The molecule has 5 aliphatic heterocycles. The lowest BCUT2D eigenvalue weighted by Crippen LogP contribution is -2.12. The predicted molar refractivity (Wildman–Crippen MR) is 253 cm³/mol. The van der Waals surface area contributed by atoms with Crippen LogP contribution in [0.2, 0.25) is 0 Å². The maximum Gasteiger partial charge on any atom is 0.311 e. The first-order valence-electron chi connectivity index (χ1n) is 21.3. The molecule has 5 N–H and O–H groups in total. The number of nitro groups is 3. The minimum Gasteiger partial charge on any atom is -0.497 e. The summed E-state index contributed by atoms with van der Waals surface area (Å²) in [4.78, 5) is 57.5. The zero-order valence-corrected chi connectivity index (χ0v) is 39.1. The number of nitrogen functional groups attached to an aromatic ring is 1. The summed E-state index contributed by atoms with van der Waals surface area (Å²) < 4.78 is 25.1. The Bertz CT molecular complexity index is 2800. The summed E-state index contributed by atoms with van der Waals surface area (Å²) in [5, 5.41) is 40.6. The van der Waals surface area contributed by atoms with Crippen LogP contribution in [-0.4, -0.2) is 86.0 Å². The van der Waals surface area contributed by atoms with Gasteiger partial charge in [-0.05, 0) is 107 Å². The van der Waals surface area contributed by atoms with Crippen molar-refractivity contribution in [3.05, 3.63) is 153 Å². The molecular formula is C47H53N9O13. The van der Waals surface area contributed by atoms with Gasteiger partial charge in [0.05, 0.1) is 61.6 Å². The number of fused-ring (bicyclic) bond motifs is 5. The molecule has 5 aromatic carbocycles. The molecule has 0 saturated carbocycles. The Labute approximate surface area is 396 Å². The average Bonchev–Trinajstić information content (AvgIpc) is 4.18. The highest BCUT2D eigenvalue weighted by Gasteiger charge is 2.27. The maximum absolute atomic E-state index is 11.3. The second-order valence-electron chi connectivity index (χ2n) is 16.2. The van der Waals surface area contributed by atoms with Crippen molar-refractivity contribution < 1.29 is 48.0 Å². The molecule has 5 heterocycles. The van der Waals surface area contributed by atoms with E-state index in [4.69, 9.17) is 29.4 Å². The van der Waals surface area contributed by atoms with Gasteiger partial charge in [0.15, 0.2) is 17.2 Å². The molecule has 0 unspecified atom stereocenters. The van der Waals surface area contributed by atoms with Gasteiger partial charge in [0.2, 0.25) is 0 Å². The van der Waals surface area contributed by atoms with E-state index in [9.17, 15) is 39.9 Å². The third-order valence-electron chi connectivity index (χ3n) is 11.6. The maximum atomic E-state index is 11.3. The second-order valence-corrected chi connectivity index (χ2v) is 16.2. The van der Waals surface area contributed by atoms with Crippen LogP contribution in [0.3, 0.4) is 0 Å². The lowest BCUT2D eigenvalue weighted by Gasteiger charge is -2.06. The minimum absolute atomic E-state index is 0.00709. The minimum atomic E-state index is -0.565. The van der Waals surface area contributed by atoms with Crippen LogP contribution in [0, 0.1) is 30.3 Å². The lowest BCUT2D eigenvalue weighted by molar-refractivity contribution is -0.385. The molecule has 0 atom stereocenters. The highest BCUT2D eigenvalue weighted by molar-refractivity contribution is 5.99. The van der Waals surface area contributed by atoms with E-state index >= 15 is 0 Å². The second kappa shape index (κ2) is 22.1. The number of benzene rings is 5. The first-order valence-corrected chi connectivity index (χ1v) is 21.3. The summed E-state index contributed by atoms with van der Waals surface area (Å²) >= 11 is 0. The Balaban J connectivity index is 0.000000142. The fourth-order valence-corrected chi connectivity index (χ4v) is 8.19. The van der Waals surface area contributed by atoms with Gasteiger partial charge in [-0.3, -0.25) is 49.7 Å². The van der Waals surface area contributed by atoms with Gasteiger partial charge in [-0.25, -0.2) is 0 Å². The van der Waals surface area contributed by atoms with E-state index in [0.29, 0.717) is 36.7 Å². The van der Waals surface area contributed by atoms with Crippen LogP contribution in [0.15, 0.2) is 66.7 Å². The molecule has 69 heavy (non-hydrogen) atoms. The first-order chi connectivity index (χ1) is 33.0. The largest absolute Gasteiger partial charge is 0.497 e. The van der Waals surface area contributed by atoms with Crippen molar-refractivity contribution in [2.24, 2.45) is 0 Å². The molecule has 0 bridgehead atoms. The number of nitrogens with zero attached hydrogens (tertiary/aromatic N) is 5. The molecule has 22 heteroatoms. The van der Waals surface area contributed by atoms with Crippen LogP contribution in [0.5, 0.6) is 28.7 Å². The summed E-state index contributed by atoms with van der Waals surface area (Å²) in [6, 6.07) is 19.0. The summed E-state index contributed by atoms with van der Waals surface area (Å²) in [6.07, 6.45) is 0. The number of nitrogens with one attached hydrogen (secondary N) is 3. The number of nitro benzene ring substituents is 3. The van der Waals surface area contributed by atoms with Gasteiger partial charge in [0, 0.05) is 76.1 Å². The van der Waals surface area contributed by atoms with Crippen molar-refractivity contribution in [2.45, 2.75) is 52.4 Å². The summed E-state index contributed by atoms with van der Waals surface area (Å²) in [5.41, 5.74) is 16.1. The Morgan fingerprint density at radius 3 is 1.36 bits per heavy atom. The highest BCUT2D eigenvalue weighted by atomic mass is 16.6. The number of nitrogens with two attached hydrogens (primary N) is 1. The SMILES string of the molecule is COc1cc2c(cc1N)CN(C)C2.COc1cc2c(cc1[N+](=O)[O-])C(=O)NC2.COc1cc2c(cc1[N+](=O)[O-])CN(C)C2.COc1cc2c(cc1[N+](=O)[O-])CNC2.COc1ccc2c(c1)CNC2=O. The van der Waals surface area contributed by atoms with Crippen LogP contribution in [0.4, 0.5) is 22.7 Å². The molecule has 0 aliphatic carbocycles. The van der Waals surface area contributed by atoms with Gasteiger partial charge in [0.25, 0.3) is 11.8 Å². The zero-order chi connectivity index (χ0) is 50.1. The molecule has 2 amide bonds. The van der Waals surface area contributed by atoms with Crippen molar-refractivity contribution in [3.8, 4) is 28.7 Å². The predicted octanol–water partition coefficient (Wildman–Crippen LogP) is 5.76. The third-order valence-corrected chi connectivity index (χ3v) is 11.6. The normalized spacial score (nSPS) is 14.4. The van der Waals surface area contributed by atoms with Crippen molar-refractivity contribution in [3.63, 3.8) is 0 Å². The Kier molecular flexibility index (Phi) is 16.2. The van der Waals surface area contributed by atoms with Crippen LogP contribution in [0.1, 0.15) is 65.2 Å². The number of methoxy groups -OCH3 is 5. The van der Waals surface area contributed by atoms with E-state index in [1.54, 1.807) is 50.6 Å². The van der Waals surface area contributed by atoms with E-state index in [2.05, 4.69) is 32.8 Å². The van der Waals surface area contributed by atoms with E-state index in [-0.39, 0.29) is 34.6 Å². The summed E-state index contributed by atoms with van der Waals surface area (Å²) in [6.45, 7) is 6.02. The molecular weight excluding hydrogens is 899 g/mol. The zero-order valence-electron chi connectivity index (χ0n) is 39.1. The molecule has 364 valence electrons. The van der Waals surface area contributed by atoms with E-state index in [1.807, 2.05) is 25.2 Å². The van der Waals surface area contributed by atoms with Crippen LogP contribution < -0.4 is 45.4 Å². The standard InChI is InChI=1S/C10H12N2O3.C10H14N2O.C9H8N2O4.C9H10N2O3.C9H9NO2/c1-11-5-7-3-9(12(13)14)10(15-2)4-8(7)6-11;1-12-5-7-3-9(11)10(13-2)4-8(7)6-12;1-15-8-2-5-4-10-9(12)6(5)3-7(8)11(13)14;1-14-9-3-7-5-10-4-6(7)2-8(9)11(12)13;1-12-7-2-3-8-6(4-7)5-10-9(8)11/h3-4H,5-6H2,1-2H3;3-4H,5-6,11H2,1-2H3;2-3H,4H2,1H3,(H,10,12);2-3,10H,4-5H2,1H3;2-4H,5H2,1H3,(H,10,11). The quantitative estimate of drug-likeness (QED) is 0.0817. The summed E-state index contributed by atoms with van der Waals surface area (Å²) in [7, 11) is 11.6. The topological polar surface area (TPSA) is 278 Å². The number of carbonyl (C=O) groups excluding carboxylic acids is 2. The van der Waals surface area contributed by atoms with Gasteiger partial charge in [-0.2, -0.15) is 0 Å². The number of rotatable bonds is 8. The van der Waals surface area contributed by atoms with Crippen molar-refractivity contribution in [1.82, 2.24) is 25.8 Å². The van der Waals surface area contributed by atoms with E-state index < -0.39 is 14.8 Å². The van der Waals surface area contributed by atoms with Gasteiger partial charge in [-0.15, -0.1) is 0 Å². The van der Waals surface area contributed by atoms with Crippen molar-refractivity contribution >= 4 is 34.6 Å². The molecule has 0 fully saturated rings. The number of anilines is 1. The van der Waals surface area contributed by atoms with Gasteiger partial charge >= 0.3 is 17.1 Å². The molecule has 10 rings (SSSR count). The smallest absolute Gasteiger partial charge is 0.311 e. The van der Waals surface area contributed by atoms with Crippen molar-refractivity contribution in [2.75, 3.05) is 55.4 Å². The highest BCUT2D eigenvalue weighted by Crippen LogP contribution is 2.36. The molecule has 0 saturated heterocycles. The molecule has 0 aromatic heterocycles. The van der Waals surface area contributed by atoms with Gasteiger partial charge in [-0.1, -0.05) is 0 Å². The van der Waals surface area contributed by atoms with E-state index in [0.717, 1.165) is 88.9 Å². The molecule has 5 aromatic rings. The number of hydrogen-bond acceptors (Lipinski definition) is 17. The Morgan fingerprint density at radius 2 is 0.870 bits per heavy atom. The summed E-state index contributed by atoms with van der Waals surface area (Å²) in [5.74, 6) is 2.16. The molecule has 0 radical (unpaired) electrons. The van der Waals surface area contributed by atoms with Crippen LogP contribution in [0.25, 0.3) is 0 Å². The fourth-order valence-electron chi connectivity index (χ4n) is 8.19. The molecule has 5 aliphatic rings. The number of ether oxygens (including phenoxy) is 5. The lowest BCUT2D eigenvalue weighted by atomic mass is 10.1. The van der Waals surface area contributed by atoms with Crippen LogP contribution >= 0.6 is 0 Å². The third kappa shape index (κ3) is 11.7. The first kappa shape index (κ1) is 50.3. The number of carbonyl (C=O) groups is 2. The Morgan fingerprint density at radius 1 is 0.478 bits per heavy atom. The fraction of sp³-hybridized carbons (Fsp3) is 0.319. The van der Waals surface area contributed by atoms with Gasteiger partial charge in [0.1, 0.15) is 11.5 Å². The Hall–Kier alpha value is -8.08. The number of hydrogen-bond donors (Lipinski definition) is 4. The van der Waals surface area contributed by atoms with Crippen LogP contribution in [-0.2, 0) is 52.4 Å². The van der Waals surface area contributed by atoms with E-state index in [1.165, 1.54) is 44.6 Å². The van der Waals surface area contributed by atoms with Crippen molar-refractivity contribution in [1.29, 1.82) is 0 Å².